The van der Waals surface area contributed by atoms with E-state index in [0.717, 1.165) is 25.2 Å². The van der Waals surface area contributed by atoms with Gasteiger partial charge in [0.05, 0.1) is 11.7 Å². The second kappa shape index (κ2) is 9.14. The van der Waals surface area contributed by atoms with Gasteiger partial charge in [0.25, 0.3) is 0 Å². The molecule has 0 aliphatic carbocycles. The van der Waals surface area contributed by atoms with Crippen LogP contribution in [0.25, 0.3) is 0 Å². The Hall–Kier alpha value is -3.45. The first kappa shape index (κ1) is 20.8. The molecule has 1 aromatic heterocycles. The summed E-state index contributed by atoms with van der Waals surface area (Å²) < 4.78 is 15.8. The second-order valence-corrected chi connectivity index (χ2v) is 7.69. The van der Waals surface area contributed by atoms with Crippen LogP contribution in [0.3, 0.4) is 0 Å². The molecule has 2 heterocycles. The van der Waals surface area contributed by atoms with Crippen LogP contribution < -0.4 is 10.6 Å². The van der Waals surface area contributed by atoms with Crippen LogP contribution in [0.1, 0.15) is 22.9 Å². The van der Waals surface area contributed by atoms with Crippen molar-refractivity contribution >= 4 is 17.5 Å². The molecule has 31 heavy (non-hydrogen) atoms. The summed E-state index contributed by atoms with van der Waals surface area (Å²) in [6.45, 7) is 1.89. The highest BCUT2D eigenvalue weighted by Crippen LogP contribution is 2.27. The maximum absolute atomic E-state index is 13.8. The molecule has 2 aromatic carbocycles. The number of nitrogens with one attached hydrogen (secondary N) is 2. The summed E-state index contributed by atoms with van der Waals surface area (Å²) in [7, 11) is 1.97. The number of carbonyl (C=O) groups excluding carboxylic acids is 2. The molecule has 0 radical (unpaired) electrons. The summed E-state index contributed by atoms with van der Waals surface area (Å²) in [5.74, 6) is -2.27. The number of aromatic nitrogens is 1. The van der Waals surface area contributed by atoms with Crippen molar-refractivity contribution in [2.75, 3.05) is 18.4 Å². The summed E-state index contributed by atoms with van der Waals surface area (Å²) in [6.07, 6.45) is 2.89. The first-order chi connectivity index (χ1) is 15.0. The van der Waals surface area contributed by atoms with Gasteiger partial charge in [-0.3, -0.25) is 14.5 Å². The minimum Gasteiger partial charge on any atom is -0.353 e. The highest BCUT2D eigenvalue weighted by molar-refractivity contribution is 6.39. The van der Waals surface area contributed by atoms with Gasteiger partial charge in [0, 0.05) is 38.6 Å². The van der Waals surface area contributed by atoms with Crippen molar-refractivity contribution < 1.29 is 14.0 Å². The van der Waals surface area contributed by atoms with Gasteiger partial charge in [0.1, 0.15) is 5.82 Å². The van der Waals surface area contributed by atoms with E-state index in [-0.39, 0.29) is 18.3 Å². The molecule has 1 aliphatic rings. The fourth-order valence-electron chi connectivity index (χ4n) is 4.04. The number of benzene rings is 2. The average Bonchev–Trinajstić information content (AvgIpc) is 3.20. The van der Waals surface area contributed by atoms with Gasteiger partial charge >= 0.3 is 11.8 Å². The van der Waals surface area contributed by atoms with Crippen molar-refractivity contribution in [3.63, 3.8) is 0 Å². The highest BCUT2D eigenvalue weighted by Gasteiger charge is 2.27. The lowest BCUT2D eigenvalue weighted by atomic mass is 9.98. The SMILES string of the molecule is Cn1cccc1[C@H](CNC(=O)C(=O)Nc1ccccc1F)N1CCc2ccccc2C1. The normalized spacial score (nSPS) is 14.5. The Labute approximate surface area is 180 Å². The molecule has 0 fully saturated rings. The van der Waals surface area contributed by atoms with E-state index in [1.807, 2.05) is 36.0 Å². The zero-order valence-electron chi connectivity index (χ0n) is 17.3. The number of carbonyl (C=O) groups is 2. The van der Waals surface area contributed by atoms with Crippen LogP contribution in [0.5, 0.6) is 0 Å². The fraction of sp³-hybridized carbons (Fsp3) is 0.250. The molecule has 160 valence electrons. The van der Waals surface area contributed by atoms with E-state index in [2.05, 4.69) is 33.7 Å². The van der Waals surface area contributed by atoms with E-state index in [1.54, 1.807) is 6.07 Å². The first-order valence-electron chi connectivity index (χ1n) is 10.3. The third-order valence-corrected chi connectivity index (χ3v) is 5.71. The molecule has 1 aliphatic heterocycles. The lowest BCUT2D eigenvalue weighted by molar-refractivity contribution is -0.136. The summed E-state index contributed by atoms with van der Waals surface area (Å²) in [4.78, 5) is 27.0. The maximum Gasteiger partial charge on any atom is 0.313 e. The fourth-order valence-corrected chi connectivity index (χ4v) is 4.04. The van der Waals surface area contributed by atoms with Crippen molar-refractivity contribution in [2.24, 2.45) is 7.05 Å². The van der Waals surface area contributed by atoms with Crippen LogP contribution in [0.15, 0.2) is 66.9 Å². The quantitative estimate of drug-likeness (QED) is 0.624. The van der Waals surface area contributed by atoms with E-state index >= 15 is 0 Å². The number of hydrogen-bond acceptors (Lipinski definition) is 3. The highest BCUT2D eigenvalue weighted by atomic mass is 19.1. The number of para-hydroxylation sites is 1. The van der Waals surface area contributed by atoms with Gasteiger partial charge in [0.15, 0.2) is 0 Å². The predicted octanol–water partition coefficient (Wildman–Crippen LogP) is 3.02. The third kappa shape index (κ3) is 4.67. The molecule has 6 nitrogen and oxygen atoms in total. The van der Waals surface area contributed by atoms with Gasteiger partial charge in [0.2, 0.25) is 0 Å². The predicted molar refractivity (Wildman–Crippen MR) is 117 cm³/mol. The number of hydrogen-bond donors (Lipinski definition) is 2. The Kier molecular flexibility index (Phi) is 6.13. The van der Waals surface area contributed by atoms with E-state index in [4.69, 9.17) is 0 Å². The number of amides is 2. The topological polar surface area (TPSA) is 66.4 Å². The Morgan fingerprint density at radius 3 is 2.48 bits per heavy atom. The van der Waals surface area contributed by atoms with Gasteiger partial charge in [-0.2, -0.15) is 0 Å². The molecule has 0 spiro atoms. The van der Waals surface area contributed by atoms with Crippen LogP contribution in [0.2, 0.25) is 0 Å². The standard InChI is InChI=1S/C24H25FN4O2/c1-28-13-6-11-21(28)22(29-14-12-17-7-2-3-8-18(17)16-29)15-26-23(30)24(31)27-20-10-5-4-9-19(20)25/h2-11,13,22H,12,14-16H2,1H3,(H,26,30)(H,27,31)/t22-/m0/s1. The van der Waals surface area contributed by atoms with Gasteiger partial charge in [-0.1, -0.05) is 36.4 Å². The summed E-state index contributed by atoms with van der Waals surface area (Å²) >= 11 is 0. The summed E-state index contributed by atoms with van der Waals surface area (Å²) in [5.41, 5.74) is 3.65. The van der Waals surface area contributed by atoms with Crippen molar-refractivity contribution in [2.45, 2.75) is 19.0 Å². The lowest BCUT2D eigenvalue weighted by Crippen LogP contribution is -2.44. The van der Waals surface area contributed by atoms with E-state index in [1.165, 1.54) is 29.3 Å². The molecule has 2 N–H and O–H groups in total. The molecule has 1 atom stereocenters. The molecule has 0 unspecified atom stereocenters. The molecule has 2 amide bonds. The molecule has 7 heteroatoms. The molecule has 0 saturated heterocycles. The van der Waals surface area contributed by atoms with Crippen LogP contribution in [-0.4, -0.2) is 34.4 Å². The number of fused-ring (bicyclic) bond motifs is 1. The summed E-state index contributed by atoms with van der Waals surface area (Å²) in [6, 6.07) is 18.0. The Morgan fingerprint density at radius 1 is 1.00 bits per heavy atom. The Balaban J connectivity index is 1.46. The summed E-state index contributed by atoms with van der Waals surface area (Å²) in [5, 5.41) is 5.06. The van der Waals surface area contributed by atoms with Crippen molar-refractivity contribution in [1.82, 2.24) is 14.8 Å². The van der Waals surface area contributed by atoms with E-state index in [0.29, 0.717) is 0 Å². The smallest absolute Gasteiger partial charge is 0.313 e. The first-order valence-corrected chi connectivity index (χ1v) is 10.3. The minimum absolute atomic E-state index is 0.0192. The molecule has 4 rings (SSSR count). The molecular weight excluding hydrogens is 395 g/mol. The zero-order valence-corrected chi connectivity index (χ0v) is 17.3. The van der Waals surface area contributed by atoms with Crippen molar-refractivity contribution in [3.05, 3.63) is 89.5 Å². The van der Waals surface area contributed by atoms with E-state index < -0.39 is 17.6 Å². The number of rotatable bonds is 5. The average molecular weight is 420 g/mol. The Bertz CT molecular complexity index is 1090. The molecule has 3 aromatic rings. The van der Waals surface area contributed by atoms with Gasteiger partial charge in [-0.25, -0.2) is 4.39 Å². The molecule has 0 bridgehead atoms. The second-order valence-electron chi connectivity index (χ2n) is 7.69. The van der Waals surface area contributed by atoms with Crippen LogP contribution >= 0.6 is 0 Å². The number of halogens is 1. The minimum atomic E-state index is -0.889. The Morgan fingerprint density at radius 2 is 1.74 bits per heavy atom. The van der Waals surface area contributed by atoms with Crippen molar-refractivity contribution in [1.29, 1.82) is 0 Å². The van der Waals surface area contributed by atoms with Gasteiger partial charge in [-0.15, -0.1) is 0 Å². The van der Waals surface area contributed by atoms with Gasteiger partial charge < -0.3 is 15.2 Å². The molecule has 0 saturated carbocycles. The van der Waals surface area contributed by atoms with Crippen molar-refractivity contribution in [3.8, 4) is 0 Å². The van der Waals surface area contributed by atoms with Gasteiger partial charge in [-0.05, 0) is 41.8 Å². The van der Waals surface area contributed by atoms with Crippen LogP contribution in [-0.2, 0) is 29.6 Å². The van der Waals surface area contributed by atoms with Crippen LogP contribution in [0.4, 0.5) is 10.1 Å². The van der Waals surface area contributed by atoms with Crippen LogP contribution in [0, 0.1) is 5.82 Å². The molecular formula is C24H25FN4O2. The lowest BCUT2D eigenvalue weighted by Gasteiger charge is -2.36. The number of anilines is 1. The number of nitrogens with zero attached hydrogens (tertiary/aromatic N) is 2. The zero-order chi connectivity index (χ0) is 21.8. The largest absolute Gasteiger partial charge is 0.353 e. The number of aryl methyl sites for hydroxylation is 1. The maximum atomic E-state index is 13.8. The van der Waals surface area contributed by atoms with E-state index in [9.17, 15) is 14.0 Å². The third-order valence-electron chi connectivity index (χ3n) is 5.71. The monoisotopic (exact) mass is 420 g/mol.